The summed E-state index contributed by atoms with van der Waals surface area (Å²) in [6.07, 6.45) is 0. The number of hydrogen-bond acceptors (Lipinski definition) is 2. The molecule has 9 aromatic carbocycles. The standard InChI is InChI=1S/C52H36N2O/c55-52-27-11-9-24-45(52)43-22-7-6-20-41(43)38-16-12-17-39(32-38)46-33-36(28-30-49(46)53-48-25-13-15-35-14-4-5-21-42(35)48)37-29-31-51-47(34-37)44-23-8-10-26-50(44)54(51)40-18-2-1-3-19-40/h1-34,53,55H. The number of nitrogens with one attached hydrogen (secondary N) is 1. The summed E-state index contributed by atoms with van der Waals surface area (Å²) in [7, 11) is 0. The number of aromatic nitrogens is 1. The zero-order chi connectivity index (χ0) is 36.7. The molecular formula is C52H36N2O. The van der Waals surface area contributed by atoms with Crippen LogP contribution in [0.15, 0.2) is 206 Å². The topological polar surface area (TPSA) is 37.2 Å². The van der Waals surface area contributed by atoms with Gasteiger partial charge in [0, 0.05) is 44.3 Å². The summed E-state index contributed by atoms with van der Waals surface area (Å²) in [6.45, 7) is 0. The first-order valence-electron chi connectivity index (χ1n) is 18.7. The predicted molar refractivity (Wildman–Crippen MR) is 231 cm³/mol. The summed E-state index contributed by atoms with van der Waals surface area (Å²) in [6, 6.07) is 72.4. The van der Waals surface area contributed by atoms with Crippen molar-refractivity contribution in [3.63, 3.8) is 0 Å². The summed E-state index contributed by atoms with van der Waals surface area (Å²) in [5, 5.41) is 19.5. The minimum Gasteiger partial charge on any atom is -0.507 e. The maximum Gasteiger partial charge on any atom is 0.123 e. The number of phenolic OH excluding ortho intramolecular Hbond substituents is 1. The third-order valence-electron chi connectivity index (χ3n) is 10.7. The number of phenols is 1. The molecule has 55 heavy (non-hydrogen) atoms. The smallest absolute Gasteiger partial charge is 0.123 e. The lowest BCUT2D eigenvalue weighted by Crippen LogP contribution is -1.96. The zero-order valence-electron chi connectivity index (χ0n) is 30.0. The molecule has 0 spiro atoms. The maximum absolute atomic E-state index is 10.8. The number of hydrogen-bond donors (Lipinski definition) is 2. The Morgan fingerprint density at radius 1 is 0.345 bits per heavy atom. The third-order valence-corrected chi connectivity index (χ3v) is 10.7. The zero-order valence-corrected chi connectivity index (χ0v) is 30.0. The minimum atomic E-state index is 0.268. The Hall–Kier alpha value is -7.36. The van der Waals surface area contributed by atoms with Crippen molar-refractivity contribution in [1.29, 1.82) is 0 Å². The molecule has 10 rings (SSSR count). The largest absolute Gasteiger partial charge is 0.507 e. The lowest BCUT2D eigenvalue weighted by Gasteiger charge is -2.17. The average Bonchev–Trinajstić information content (AvgIpc) is 3.58. The van der Waals surface area contributed by atoms with Crippen LogP contribution in [0, 0.1) is 0 Å². The third kappa shape index (κ3) is 5.80. The van der Waals surface area contributed by atoms with Crippen molar-refractivity contribution in [3.05, 3.63) is 206 Å². The molecule has 3 heteroatoms. The van der Waals surface area contributed by atoms with E-state index in [4.69, 9.17) is 0 Å². The molecule has 0 atom stereocenters. The van der Waals surface area contributed by atoms with Gasteiger partial charge >= 0.3 is 0 Å². The van der Waals surface area contributed by atoms with Gasteiger partial charge in [-0.2, -0.15) is 0 Å². The molecule has 2 N–H and O–H groups in total. The highest BCUT2D eigenvalue weighted by Gasteiger charge is 2.16. The van der Waals surface area contributed by atoms with Crippen LogP contribution in [0.25, 0.3) is 82.8 Å². The average molecular weight is 705 g/mol. The molecule has 0 unspecified atom stereocenters. The van der Waals surface area contributed by atoms with E-state index in [2.05, 4.69) is 186 Å². The van der Waals surface area contributed by atoms with Gasteiger partial charge in [-0.3, -0.25) is 0 Å². The monoisotopic (exact) mass is 704 g/mol. The van der Waals surface area contributed by atoms with Crippen LogP contribution in [0.2, 0.25) is 0 Å². The molecule has 1 aromatic heterocycles. The van der Waals surface area contributed by atoms with E-state index in [1.54, 1.807) is 6.07 Å². The van der Waals surface area contributed by atoms with Gasteiger partial charge < -0.3 is 15.0 Å². The summed E-state index contributed by atoms with van der Waals surface area (Å²) in [5.74, 6) is 0.268. The van der Waals surface area contributed by atoms with Crippen molar-refractivity contribution >= 4 is 44.0 Å². The van der Waals surface area contributed by atoms with Gasteiger partial charge in [0.05, 0.1) is 11.0 Å². The number of fused-ring (bicyclic) bond motifs is 4. The highest BCUT2D eigenvalue weighted by molar-refractivity contribution is 6.10. The van der Waals surface area contributed by atoms with Crippen LogP contribution < -0.4 is 5.32 Å². The summed E-state index contributed by atoms with van der Waals surface area (Å²) >= 11 is 0. The van der Waals surface area contributed by atoms with Crippen LogP contribution in [-0.2, 0) is 0 Å². The highest BCUT2D eigenvalue weighted by atomic mass is 16.3. The van der Waals surface area contributed by atoms with Crippen molar-refractivity contribution in [2.24, 2.45) is 0 Å². The maximum atomic E-state index is 10.8. The fourth-order valence-corrected chi connectivity index (χ4v) is 8.08. The first-order chi connectivity index (χ1) is 27.2. The molecule has 0 aliphatic rings. The van der Waals surface area contributed by atoms with Crippen LogP contribution in [0.5, 0.6) is 5.75 Å². The SMILES string of the molecule is Oc1ccccc1-c1ccccc1-c1cccc(-c2cc(-c3ccc4c(c3)c3ccccc3n4-c3ccccc3)ccc2Nc2cccc3ccccc23)c1. The Balaban J connectivity index is 1.14. The highest BCUT2D eigenvalue weighted by Crippen LogP contribution is 2.42. The Bertz CT molecular complexity index is 3030. The molecule has 0 bridgehead atoms. The van der Waals surface area contributed by atoms with Gasteiger partial charge in [0.15, 0.2) is 0 Å². The second-order valence-corrected chi connectivity index (χ2v) is 14.0. The molecule has 3 nitrogen and oxygen atoms in total. The molecule has 1 heterocycles. The van der Waals surface area contributed by atoms with Gasteiger partial charge in [0.1, 0.15) is 5.75 Å². The van der Waals surface area contributed by atoms with Gasteiger partial charge in [-0.05, 0) is 99.4 Å². The fourth-order valence-electron chi connectivity index (χ4n) is 8.08. The predicted octanol–water partition coefficient (Wildman–Crippen LogP) is 14.1. The van der Waals surface area contributed by atoms with Crippen molar-refractivity contribution in [2.75, 3.05) is 5.32 Å². The molecule has 0 aliphatic carbocycles. The molecule has 0 radical (unpaired) electrons. The summed E-state index contributed by atoms with van der Waals surface area (Å²) in [4.78, 5) is 0. The normalized spacial score (nSPS) is 11.3. The first kappa shape index (κ1) is 32.3. The van der Waals surface area contributed by atoms with Gasteiger partial charge in [0.25, 0.3) is 0 Å². The van der Waals surface area contributed by atoms with Crippen LogP contribution >= 0.6 is 0 Å². The van der Waals surface area contributed by atoms with Crippen LogP contribution in [0.4, 0.5) is 11.4 Å². The van der Waals surface area contributed by atoms with E-state index in [9.17, 15) is 5.11 Å². The molecular weight excluding hydrogens is 669 g/mol. The first-order valence-corrected chi connectivity index (χ1v) is 18.7. The molecule has 0 saturated carbocycles. The van der Waals surface area contributed by atoms with Crippen LogP contribution in [-0.4, -0.2) is 9.67 Å². The van der Waals surface area contributed by atoms with Crippen molar-refractivity contribution in [1.82, 2.24) is 4.57 Å². The second-order valence-electron chi connectivity index (χ2n) is 14.0. The van der Waals surface area contributed by atoms with E-state index in [0.29, 0.717) is 0 Å². The van der Waals surface area contributed by atoms with Gasteiger partial charge in [0.2, 0.25) is 0 Å². The Morgan fingerprint density at radius 2 is 0.964 bits per heavy atom. The van der Waals surface area contributed by atoms with E-state index in [1.165, 1.54) is 32.6 Å². The number of para-hydroxylation sites is 3. The lowest BCUT2D eigenvalue weighted by atomic mass is 9.91. The molecule has 0 aliphatic heterocycles. The van der Waals surface area contributed by atoms with E-state index >= 15 is 0 Å². The lowest BCUT2D eigenvalue weighted by molar-refractivity contribution is 0.477. The number of rotatable bonds is 7. The molecule has 0 amide bonds. The van der Waals surface area contributed by atoms with Crippen LogP contribution in [0.3, 0.4) is 0 Å². The summed E-state index contributed by atoms with van der Waals surface area (Å²) in [5.41, 5.74) is 14.0. The molecule has 0 fully saturated rings. The number of aromatic hydroxyl groups is 1. The van der Waals surface area contributed by atoms with Crippen molar-refractivity contribution in [2.45, 2.75) is 0 Å². The van der Waals surface area contributed by atoms with Gasteiger partial charge in [-0.25, -0.2) is 0 Å². The van der Waals surface area contributed by atoms with E-state index in [1.807, 2.05) is 24.3 Å². The second kappa shape index (κ2) is 13.6. The quantitative estimate of drug-likeness (QED) is 0.173. The fraction of sp³-hybridized carbons (Fsp3) is 0. The molecule has 0 saturated heterocycles. The van der Waals surface area contributed by atoms with E-state index in [-0.39, 0.29) is 5.75 Å². The van der Waals surface area contributed by atoms with E-state index < -0.39 is 0 Å². The van der Waals surface area contributed by atoms with Gasteiger partial charge in [-0.1, -0.05) is 146 Å². The Morgan fingerprint density at radius 3 is 1.82 bits per heavy atom. The van der Waals surface area contributed by atoms with Crippen molar-refractivity contribution < 1.29 is 5.11 Å². The minimum absolute atomic E-state index is 0.268. The van der Waals surface area contributed by atoms with Crippen molar-refractivity contribution in [3.8, 4) is 55.9 Å². The summed E-state index contributed by atoms with van der Waals surface area (Å²) < 4.78 is 2.36. The number of benzene rings is 9. The Labute approximate surface area is 320 Å². The molecule has 10 aromatic rings. The molecule has 260 valence electrons. The number of nitrogens with zero attached hydrogens (tertiary/aromatic N) is 1. The number of anilines is 2. The van der Waals surface area contributed by atoms with Gasteiger partial charge in [-0.15, -0.1) is 0 Å². The Kier molecular flexibility index (Phi) is 7.96. The van der Waals surface area contributed by atoms with Crippen LogP contribution in [0.1, 0.15) is 0 Å². The van der Waals surface area contributed by atoms with E-state index in [0.717, 1.165) is 61.6 Å².